The van der Waals surface area contributed by atoms with Crippen molar-refractivity contribution in [2.75, 3.05) is 18.1 Å². The summed E-state index contributed by atoms with van der Waals surface area (Å²) in [6.45, 7) is 6.64. The Bertz CT molecular complexity index is 1330. The highest BCUT2D eigenvalue weighted by Gasteiger charge is 2.41. The van der Waals surface area contributed by atoms with Gasteiger partial charge in [0.2, 0.25) is 11.8 Å². The molecule has 2 aliphatic rings. The number of anilines is 1. The van der Waals surface area contributed by atoms with E-state index in [1.54, 1.807) is 37.3 Å². The number of unbranched alkanes of at least 4 members (excludes halogenated alkanes) is 2. The van der Waals surface area contributed by atoms with Gasteiger partial charge in [0.15, 0.2) is 5.11 Å². The Balaban J connectivity index is 1.73. The van der Waals surface area contributed by atoms with E-state index in [0.29, 0.717) is 30.1 Å². The molecule has 3 amide bonds. The first-order chi connectivity index (χ1) is 18.5. The monoisotopic (exact) mass is 572 g/mol. The molecule has 0 atom stereocenters. The SMILES string of the molecule is CCCCN1C(=O)C(/C=C/C=C/C=C2\C(=O)N(c3ccc(S(=O)(=O)O)cc3)N=C2C)C(=O)N(CCCC)C1=S. The average Bonchev–Trinajstić information content (AvgIpc) is 3.18. The second-order valence-electron chi connectivity index (χ2n) is 9.07. The van der Waals surface area contributed by atoms with Gasteiger partial charge in [-0.3, -0.25) is 28.7 Å². The van der Waals surface area contributed by atoms with Crippen molar-refractivity contribution in [1.82, 2.24) is 9.80 Å². The molecule has 1 fully saturated rings. The smallest absolute Gasteiger partial charge is 0.288 e. The molecule has 0 radical (unpaired) electrons. The van der Waals surface area contributed by atoms with Gasteiger partial charge in [0, 0.05) is 13.1 Å². The minimum atomic E-state index is -4.35. The zero-order valence-corrected chi connectivity index (χ0v) is 23.7. The first-order valence-corrected chi connectivity index (χ1v) is 14.6. The normalized spacial score (nSPS) is 18.5. The van der Waals surface area contributed by atoms with Gasteiger partial charge in [0.05, 0.1) is 21.9 Å². The van der Waals surface area contributed by atoms with Crippen LogP contribution in [0.3, 0.4) is 0 Å². The fourth-order valence-corrected chi connectivity index (χ4v) is 4.86. The number of thiocarbonyl (C=S) groups is 1. The van der Waals surface area contributed by atoms with Crippen LogP contribution < -0.4 is 5.01 Å². The van der Waals surface area contributed by atoms with Gasteiger partial charge in [-0.1, -0.05) is 51.0 Å². The lowest BCUT2D eigenvalue weighted by Gasteiger charge is -2.38. The standard InChI is InChI=1S/C27H32N4O6S2/c1-4-6-17-29-24(32)23(25(33)30(27(29)38)18-7-5-2)12-10-8-9-11-22-19(3)28-31(26(22)34)20-13-15-21(16-14-20)39(35,36)37/h8-16,23H,4-7,17-18H2,1-3H3,(H,35,36,37)/b9-8+,12-10+,22-11-. The molecular weight excluding hydrogens is 540 g/mol. The van der Waals surface area contributed by atoms with E-state index in [1.165, 1.54) is 34.1 Å². The lowest BCUT2D eigenvalue weighted by Crippen LogP contribution is -2.59. The van der Waals surface area contributed by atoms with Crippen LogP contribution in [0.2, 0.25) is 0 Å². The van der Waals surface area contributed by atoms with Gasteiger partial charge in [-0.2, -0.15) is 18.5 Å². The average molecular weight is 573 g/mol. The summed E-state index contributed by atoms with van der Waals surface area (Å²) in [5, 5.41) is 5.64. The summed E-state index contributed by atoms with van der Waals surface area (Å²) in [7, 11) is -4.35. The minimum absolute atomic E-state index is 0.267. The Morgan fingerprint density at radius 3 is 2.03 bits per heavy atom. The summed E-state index contributed by atoms with van der Waals surface area (Å²) in [4.78, 5) is 41.8. The molecular formula is C27H32N4O6S2. The molecule has 0 spiro atoms. The number of hydrogen-bond donors (Lipinski definition) is 1. The molecule has 0 aromatic heterocycles. The topological polar surface area (TPSA) is 128 Å². The van der Waals surface area contributed by atoms with Crippen molar-refractivity contribution in [2.45, 2.75) is 51.3 Å². The summed E-state index contributed by atoms with van der Waals surface area (Å²) in [6.07, 6.45) is 11.3. The van der Waals surface area contributed by atoms with Crippen LogP contribution in [0.4, 0.5) is 5.69 Å². The molecule has 0 unspecified atom stereocenters. The van der Waals surface area contributed by atoms with Crippen LogP contribution in [0.25, 0.3) is 0 Å². The molecule has 2 heterocycles. The van der Waals surface area contributed by atoms with Gasteiger partial charge in [-0.15, -0.1) is 0 Å². The van der Waals surface area contributed by atoms with Crippen molar-refractivity contribution in [3.63, 3.8) is 0 Å². The zero-order chi connectivity index (χ0) is 28.7. The Morgan fingerprint density at radius 2 is 1.51 bits per heavy atom. The number of hydrazone groups is 1. The summed E-state index contributed by atoms with van der Waals surface area (Å²) < 4.78 is 31.6. The first kappa shape index (κ1) is 30.1. The van der Waals surface area contributed by atoms with E-state index in [-0.39, 0.29) is 21.8 Å². The highest BCUT2D eigenvalue weighted by molar-refractivity contribution is 7.85. The van der Waals surface area contributed by atoms with E-state index in [2.05, 4.69) is 5.10 Å². The van der Waals surface area contributed by atoms with Crippen LogP contribution in [-0.4, -0.2) is 64.4 Å². The van der Waals surface area contributed by atoms with Gasteiger partial charge >= 0.3 is 0 Å². The quantitative estimate of drug-likeness (QED) is 0.140. The third-order valence-corrected chi connectivity index (χ3v) is 7.54. The lowest BCUT2D eigenvalue weighted by molar-refractivity contribution is -0.144. The van der Waals surface area contributed by atoms with Crippen LogP contribution in [0, 0.1) is 5.92 Å². The van der Waals surface area contributed by atoms with E-state index >= 15 is 0 Å². The van der Waals surface area contributed by atoms with Gasteiger partial charge < -0.3 is 0 Å². The molecule has 0 aliphatic carbocycles. The molecule has 1 saturated heterocycles. The van der Waals surface area contributed by atoms with Crippen LogP contribution in [0.1, 0.15) is 46.5 Å². The summed E-state index contributed by atoms with van der Waals surface area (Å²) in [6, 6.07) is 5.11. The molecule has 1 aromatic carbocycles. The molecule has 0 saturated carbocycles. The Hall–Kier alpha value is -3.48. The molecule has 39 heavy (non-hydrogen) atoms. The highest BCUT2D eigenvalue weighted by atomic mass is 32.2. The van der Waals surface area contributed by atoms with Crippen LogP contribution in [0.5, 0.6) is 0 Å². The maximum absolute atomic E-state index is 13.1. The summed E-state index contributed by atoms with van der Waals surface area (Å²) in [5.74, 6) is -2.05. The molecule has 1 aromatic rings. The molecule has 10 nitrogen and oxygen atoms in total. The van der Waals surface area contributed by atoms with E-state index < -0.39 is 21.9 Å². The van der Waals surface area contributed by atoms with Crippen LogP contribution in [0.15, 0.2) is 70.2 Å². The van der Waals surface area contributed by atoms with Crippen LogP contribution in [-0.2, 0) is 24.5 Å². The van der Waals surface area contributed by atoms with Gasteiger partial charge in [-0.05, 0) is 62.3 Å². The Kier molecular flexibility index (Phi) is 10.1. The van der Waals surface area contributed by atoms with Crippen molar-refractivity contribution < 1.29 is 27.4 Å². The largest absolute Gasteiger partial charge is 0.294 e. The van der Waals surface area contributed by atoms with Crippen molar-refractivity contribution >= 4 is 56.6 Å². The number of carbonyl (C=O) groups is 3. The summed E-state index contributed by atoms with van der Waals surface area (Å²) >= 11 is 5.47. The predicted molar refractivity (Wildman–Crippen MR) is 153 cm³/mol. The molecule has 0 bridgehead atoms. The molecule has 1 N–H and O–H groups in total. The molecule has 3 rings (SSSR count). The van der Waals surface area contributed by atoms with Gasteiger partial charge in [0.1, 0.15) is 5.92 Å². The van der Waals surface area contributed by atoms with E-state index in [1.807, 2.05) is 13.8 Å². The number of benzene rings is 1. The third kappa shape index (κ3) is 6.94. The lowest BCUT2D eigenvalue weighted by atomic mass is 10.0. The number of nitrogens with zero attached hydrogens (tertiary/aromatic N) is 4. The number of allylic oxidation sites excluding steroid dienone is 4. The Labute approximate surface area is 234 Å². The maximum atomic E-state index is 13.1. The first-order valence-electron chi connectivity index (χ1n) is 12.7. The number of rotatable bonds is 11. The van der Waals surface area contributed by atoms with E-state index in [9.17, 15) is 22.8 Å². The van der Waals surface area contributed by atoms with Crippen molar-refractivity contribution in [3.05, 3.63) is 60.2 Å². The maximum Gasteiger partial charge on any atom is 0.294 e. The fraction of sp³-hybridized carbons (Fsp3) is 0.370. The summed E-state index contributed by atoms with van der Waals surface area (Å²) in [5.41, 5.74) is 1.12. The van der Waals surface area contributed by atoms with Crippen molar-refractivity contribution in [2.24, 2.45) is 11.0 Å². The second-order valence-corrected chi connectivity index (χ2v) is 10.9. The number of hydrogen-bond acceptors (Lipinski definition) is 7. The zero-order valence-electron chi connectivity index (χ0n) is 22.1. The molecule has 208 valence electrons. The van der Waals surface area contributed by atoms with Gasteiger partial charge in [-0.25, -0.2) is 0 Å². The van der Waals surface area contributed by atoms with E-state index in [4.69, 9.17) is 16.8 Å². The number of amides is 3. The fourth-order valence-electron chi connectivity index (χ4n) is 4.02. The van der Waals surface area contributed by atoms with Crippen molar-refractivity contribution in [3.8, 4) is 0 Å². The van der Waals surface area contributed by atoms with Crippen LogP contribution >= 0.6 is 12.2 Å². The van der Waals surface area contributed by atoms with Crippen molar-refractivity contribution in [1.29, 1.82) is 0 Å². The molecule has 12 heteroatoms. The molecule has 2 aliphatic heterocycles. The minimum Gasteiger partial charge on any atom is -0.288 e. The second kappa shape index (κ2) is 13.0. The third-order valence-electron chi connectivity index (χ3n) is 6.23. The Morgan fingerprint density at radius 1 is 0.949 bits per heavy atom. The highest BCUT2D eigenvalue weighted by Crippen LogP contribution is 2.25. The van der Waals surface area contributed by atoms with E-state index in [0.717, 1.165) is 30.7 Å². The number of carbonyl (C=O) groups excluding carboxylic acids is 3. The predicted octanol–water partition coefficient (Wildman–Crippen LogP) is 3.87. The van der Waals surface area contributed by atoms with Gasteiger partial charge in [0.25, 0.3) is 16.0 Å².